The second-order valence-electron chi connectivity index (χ2n) is 8.08. The Bertz CT molecular complexity index is 1030. The van der Waals surface area contributed by atoms with Crippen LogP contribution in [0.15, 0.2) is 59.6 Å². The van der Waals surface area contributed by atoms with Crippen molar-refractivity contribution in [2.45, 2.75) is 44.1 Å². The van der Waals surface area contributed by atoms with Crippen molar-refractivity contribution in [3.05, 3.63) is 76.8 Å². The second kappa shape index (κ2) is 9.64. The maximum absolute atomic E-state index is 14.7. The van der Waals surface area contributed by atoms with E-state index in [9.17, 15) is 13.9 Å². The van der Waals surface area contributed by atoms with E-state index in [1.54, 1.807) is 6.92 Å². The first-order valence-electron chi connectivity index (χ1n) is 10.5. The molecule has 1 saturated heterocycles. The van der Waals surface area contributed by atoms with E-state index < -0.39 is 23.3 Å². The number of aromatic nitrogens is 3. The maximum atomic E-state index is 14.7. The number of piperidine rings is 1. The molecule has 0 saturated carbocycles. The second-order valence-corrected chi connectivity index (χ2v) is 9.00. The highest BCUT2D eigenvalue weighted by Crippen LogP contribution is 2.33. The third-order valence-corrected chi connectivity index (χ3v) is 6.50. The third kappa shape index (κ3) is 5.00. The Morgan fingerprint density at radius 1 is 1.19 bits per heavy atom. The Morgan fingerprint density at radius 3 is 2.53 bits per heavy atom. The van der Waals surface area contributed by atoms with Crippen LogP contribution in [0.3, 0.4) is 0 Å². The highest BCUT2D eigenvalue weighted by molar-refractivity contribution is 9.10. The molecule has 0 bridgehead atoms. The number of nitrogens with zero attached hydrogens (tertiary/aromatic N) is 4. The van der Waals surface area contributed by atoms with Crippen LogP contribution >= 0.6 is 15.9 Å². The Labute approximate surface area is 194 Å². The molecule has 2 heterocycles. The van der Waals surface area contributed by atoms with Gasteiger partial charge in [-0.3, -0.25) is 0 Å². The number of halogens is 3. The lowest BCUT2D eigenvalue weighted by molar-refractivity contribution is -0.145. The van der Waals surface area contributed by atoms with Crippen LogP contribution in [0.1, 0.15) is 25.3 Å². The molecule has 0 spiro atoms. The largest absolute Gasteiger partial charge is 0.380 e. The minimum absolute atomic E-state index is 0.0331. The monoisotopic (exact) mass is 506 g/mol. The lowest BCUT2D eigenvalue weighted by atomic mass is 9.87. The van der Waals surface area contributed by atoms with Gasteiger partial charge >= 0.3 is 0 Å². The minimum atomic E-state index is -1.76. The summed E-state index contributed by atoms with van der Waals surface area (Å²) in [6, 6.07) is 11.3. The minimum Gasteiger partial charge on any atom is -0.380 e. The first-order chi connectivity index (χ1) is 15.3. The fraction of sp³-hybridized carbons (Fsp3) is 0.391. The highest BCUT2D eigenvalue weighted by atomic mass is 79.9. The standard InChI is InChI=1S/C23H25BrF2N4O2/c1-16(32-20-8-10-29(11-9-20)19-5-2-17(24)3-6-19)23(31,13-30-15-27-14-28-30)21-7-4-18(25)12-22(21)26/h2-7,12,14-16,20,31H,8-11,13H2,1H3/t16-,23-/m1/s1. The average molecular weight is 507 g/mol. The fourth-order valence-corrected chi connectivity index (χ4v) is 4.40. The van der Waals surface area contributed by atoms with Crippen molar-refractivity contribution in [3.8, 4) is 0 Å². The van der Waals surface area contributed by atoms with Gasteiger partial charge in [-0.25, -0.2) is 18.4 Å². The van der Waals surface area contributed by atoms with Crippen molar-refractivity contribution < 1.29 is 18.6 Å². The summed E-state index contributed by atoms with van der Waals surface area (Å²) >= 11 is 3.45. The van der Waals surface area contributed by atoms with E-state index in [1.807, 2.05) is 12.1 Å². The van der Waals surface area contributed by atoms with Crippen molar-refractivity contribution in [3.63, 3.8) is 0 Å². The molecule has 1 aromatic heterocycles. The van der Waals surface area contributed by atoms with E-state index in [4.69, 9.17) is 4.74 Å². The molecule has 0 amide bonds. The molecule has 170 valence electrons. The van der Waals surface area contributed by atoms with Gasteiger partial charge in [0, 0.05) is 34.9 Å². The van der Waals surface area contributed by atoms with E-state index in [0.29, 0.717) is 0 Å². The number of ether oxygens (including phenoxy) is 1. The third-order valence-electron chi connectivity index (χ3n) is 5.97. The van der Waals surface area contributed by atoms with Gasteiger partial charge in [0.15, 0.2) is 0 Å². The van der Waals surface area contributed by atoms with Crippen LogP contribution in [0.2, 0.25) is 0 Å². The zero-order chi connectivity index (χ0) is 22.7. The predicted molar refractivity (Wildman–Crippen MR) is 120 cm³/mol. The number of hydrogen-bond donors (Lipinski definition) is 1. The van der Waals surface area contributed by atoms with Crippen molar-refractivity contribution in [1.29, 1.82) is 0 Å². The molecule has 3 aromatic rings. The van der Waals surface area contributed by atoms with Gasteiger partial charge in [0.05, 0.1) is 18.8 Å². The Morgan fingerprint density at radius 2 is 1.91 bits per heavy atom. The first-order valence-corrected chi connectivity index (χ1v) is 11.3. The predicted octanol–water partition coefficient (Wildman–Crippen LogP) is 4.28. The Hall–Kier alpha value is -2.36. The van der Waals surface area contributed by atoms with Crippen molar-refractivity contribution >= 4 is 21.6 Å². The summed E-state index contributed by atoms with van der Waals surface area (Å²) in [5.41, 5.74) is -0.640. The molecule has 1 aliphatic rings. The van der Waals surface area contributed by atoms with Crippen LogP contribution < -0.4 is 4.90 Å². The van der Waals surface area contributed by atoms with Crippen LogP contribution in [0.4, 0.5) is 14.5 Å². The topological polar surface area (TPSA) is 63.4 Å². The fourth-order valence-electron chi connectivity index (χ4n) is 4.14. The van der Waals surface area contributed by atoms with Crippen LogP contribution in [0.25, 0.3) is 0 Å². The number of benzene rings is 2. The lowest BCUT2D eigenvalue weighted by Gasteiger charge is -2.39. The molecule has 0 radical (unpaired) electrons. The average Bonchev–Trinajstić information content (AvgIpc) is 3.27. The van der Waals surface area contributed by atoms with Crippen LogP contribution in [0, 0.1) is 11.6 Å². The molecular formula is C23H25BrF2N4O2. The Balaban J connectivity index is 1.48. The summed E-state index contributed by atoms with van der Waals surface area (Å²) in [7, 11) is 0. The number of anilines is 1. The molecular weight excluding hydrogens is 482 g/mol. The summed E-state index contributed by atoms with van der Waals surface area (Å²) in [5.74, 6) is -1.53. The van der Waals surface area contributed by atoms with Crippen molar-refractivity contribution in [2.75, 3.05) is 18.0 Å². The van der Waals surface area contributed by atoms with E-state index in [-0.39, 0.29) is 18.2 Å². The number of aliphatic hydroxyl groups is 1. The molecule has 4 rings (SSSR count). The molecule has 1 aliphatic heterocycles. The lowest BCUT2D eigenvalue weighted by Crippen LogP contribution is -2.47. The van der Waals surface area contributed by atoms with Gasteiger partial charge < -0.3 is 14.7 Å². The molecule has 1 N–H and O–H groups in total. The zero-order valence-electron chi connectivity index (χ0n) is 17.7. The molecule has 2 aromatic carbocycles. The van der Waals surface area contributed by atoms with E-state index >= 15 is 0 Å². The quantitative estimate of drug-likeness (QED) is 0.518. The summed E-state index contributed by atoms with van der Waals surface area (Å²) in [6.07, 6.45) is 3.45. The van der Waals surface area contributed by atoms with Gasteiger partial charge in [0.25, 0.3) is 0 Å². The highest BCUT2D eigenvalue weighted by Gasteiger charge is 2.41. The molecule has 9 heteroatoms. The SMILES string of the molecule is C[C@@H](OC1CCN(c2ccc(Br)cc2)CC1)[C@](O)(Cn1cncn1)c1ccc(F)cc1F. The molecule has 0 unspecified atom stereocenters. The van der Waals surface area contributed by atoms with Gasteiger partial charge in [0.1, 0.15) is 29.9 Å². The van der Waals surface area contributed by atoms with Crippen LogP contribution in [-0.4, -0.2) is 45.2 Å². The molecule has 1 fully saturated rings. The first kappa shape index (κ1) is 22.8. The normalized spacial score (nSPS) is 17.8. The summed E-state index contributed by atoms with van der Waals surface area (Å²) < 4.78 is 36.9. The van der Waals surface area contributed by atoms with Crippen molar-refractivity contribution in [2.24, 2.45) is 0 Å². The Kier molecular flexibility index (Phi) is 6.88. The van der Waals surface area contributed by atoms with Gasteiger partial charge in [-0.15, -0.1) is 0 Å². The maximum Gasteiger partial charge on any atom is 0.138 e. The van der Waals surface area contributed by atoms with Crippen LogP contribution in [0.5, 0.6) is 0 Å². The van der Waals surface area contributed by atoms with Gasteiger partial charge in [-0.1, -0.05) is 22.0 Å². The molecule has 0 aliphatic carbocycles. The smallest absolute Gasteiger partial charge is 0.138 e. The zero-order valence-corrected chi connectivity index (χ0v) is 19.3. The number of hydrogen-bond acceptors (Lipinski definition) is 5. The van der Waals surface area contributed by atoms with E-state index in [2.05, 4.69) is 43.0 Å². The summed E-state index contributed by atoms with van der Waals surface area (Å²) in [4.78, 5) is 6.18. The van der Waals surface area contributed by atoms with Gasteiger partial charge in [0.2, 0.25) is 0 Å². The van der Waals surface area contributed by atoms with Gasteiger partial charge in [-0.2, -0.15) is 5.10 Å². The van der Waals surface area contributed by atoms with E-state index in [1.165, 1.54) is 23.4 Å². The number of rotatable bonds is 7. The molecule has 2 atom stereocenters. The molecule has 32 heavy (non-hydrogen) atoms. The van der Waals surface area contributed by atoms with Crippen LogP contribution in [-0.2, 0) is 16.9 Å². The van der Waals surface area contributed by atoms with E-state index in [0.717, 1.165) is 48.2 Å². The summed E-state index contributed by atoms with van der Waals surface area (Å²) in [5, 5.41) is 15.6. The summed E-state index contributed by atoms with van der Waals surface area (Å²) in [6.45, 7) is 3.26. The van der Waals surface area contributed by atoms with Crippen molar-refractivity contribution in [1.82, 2.24) is 14.8 Å². The molecule has 6 nitrogen and oxygen atoms in total. The van der Waals surface area contributed by atoms with Gasteiger partial charge in [-0.05, 0) is 50.1 Å².